The summed E-state index contributed by atoms with van der Waals surface area (Å²) >= 11 is 0. The molecular weight excluding hydrogens is 237 g/mol. The molecule has 0 unspecified atom stereocenters. The van der Waals surface area contributed by atoms with Crippen LogP contribution in [0.25, 0.3) is 11.1 Å². The second-order valence-electron chi connectivity index (χ2n) is 4.58. The molecule has 2 aromatic rings. The van der Waals surface area contributed by atoms with E-state index >= 15 is 0 Å². The lowest BCUT2D eigenvalue weighted by atomic mass is 10.0. The van der Waals surface area contributed by atoms with Gasteiger partial charge in [-0.2, -0.15) is 0 Å². The summed E-state index contributed by atoms with van der Waals surface area (Å²) in [4.78, 5) is 2.08. The van der Waals surface area contributed by atoms with Crippen LogP contribution in [0, 0.1) is 18.2 Å². The lowest BCUT2D eigenvalue weighted by molar-refractivity contribution is 0.369. The molecule has 0 radical (unpaired) electrons. The van der Waals surface area contributed by atoms with Gasteiger partial charge in [-0.15, -0.1) is 6.42 Å². The van der Waals surface area contributed by atoms with Gasteiger partial charge in [-0.3, -0.25) is 4.90 Å². The minimum Gasteiger partial charge on any atom is -0.291 e. The minimum atomic E-state index is -0.212. The Hall–Kier alpha value is -2.11. The molecule has 2 aromatic carbocycles. The highest BCUT2D eigenvalue weighted by Gasteiger charge is 2.01. The Morgan fingerprint density at radius 3 is 2.05 bits per heavy atom. The van der Waals surface area contributed by atoms with Gasteiger partial charge in [0.1, 0.15) is 5.82 Å². The van der Waals surface area contributed by atoms with E-state index in [-0.39, 0.29) is 5.82 Å². The summed E-state index contributed by atoms with van der Waals surface area (Å²) in [5.41, 5.74) is 3.32. The van der Waals surface area contributed by atoms with Crippen LogP contribution >= 0.6 is 0 Å². The van der Waals surface area contributed by atoms with Gasteiger partial charge in [0, 0.05) is 6.54 Å². The topological polar surface area (TPSA) is 3.24 Å². The van der Waals surface area contributed by atoms with Crippen molar-refractivity contribution in [2.24, 2.45) is 0 Å². The van der Waals surface area contributed by atoms with Gasteiger partial charge in [0.15, 0.2) is 0 Å². The molecule has 0 aliphatic carbocycles. The SMILES string of the molecule is C#CCN(C)Cc1ccc(-c2ccc(F)cc2)cc1. The molecule has 0 fully saturated rings. The zero-order valence-corrected chi connectivity index (χ0v) is 10.9. The maximum atomic E-state index is 12.9. The molecule has 0 saturated carbocycles. The molecule has 0 saturated heterocycles. The first-order valence-electron chi connectivity index (χ1n) is 6.16. The summed E-state index contributed by atoms with van der Waals surface area (Å²) < 4.78 is 12.9. The fourth-order valence-electron chi connectivity index (χ4n) is 1.97. The third-order valence-electron chi connectivity index (χ3n) is 2.95. The zero-order valence-electron chi connectivity index (χ0n) is 10.9. The number of rotatable bonds is 4. The van der Waals surface area contributed by atoms with Gasteiger partial charge >= 0.3 is 0 Å². The largest absolute Gasteiger partial charge is 0.291 e. The van der Waals surface area contributed by atoms with E-state index in [1.807, 2.05) is 19.2 Å². The Labute approximate surface area is 113 Å². The number of hydrogen-bond acceptors (Lipinski definition) is 1. The molecule has 19 heavy (non-hydrogen) atoms. The Morgan fingerprint density at radius 1 is 1.00 bits per heavy atom. The molecule has 2 heteroatoms. The summed E-state index contributed by atoms with van der Waals surface area (Å²) in [5, 5.41) is 0. The van der Waals surface area contributed by atoms with Gasteiger partial charge in [-0.1, -0.05) is 42.3 Å². The molecule has 1 nitrogen and oxygen atoms in total. The van der Waals surface area contributed by atoms with E-state index in [0.717, 1.165) is 17.7 Å². The monoisotopic (exact) mass is 253 g/mol. The molecule has 0 bridgehead atoms. The van der Waals surface area contributed by atoms with Crippen LogP contribution in [0.2, 0.25) is 0 Å². The third kappa shape index (κ3) is 3.67. The van der Waals surface area contributed by atoms with Crippen LogP contribution in [0.5, 0.6) is 0 Å². The van der Waals surface area contributed by atoms with Crippen molar-refractivity contribution in [2.75, 3.05) is 13.6 Å². The number of nitrogens with zero attached hydrogens (tertiary/aromatic N) is 1. The highest BCUT2D eigenvalue weighted by molar-refractivity contribution is 5.63. The standard InChI is InChI=1S/C17H16FN/c1-3-12-19(2)13-14-4-6-15(7-5-14)16-8-10-17(18)11-9-16/h1,4-11H,12-13H2,2H3. The summed E-state index contributed by atoms with van der Waals surface area (Å²) in [6, 6.07) is 14.8. The van der Waals surface area contributed by atoms with Crippen LogP contribution in [0.3, 0.4) is 0 Å². The molecular formula is C17H16FN. The quantitative estimate of drug-likeness (QED) is 0.753. The van der Waals surface area contributed by atoms with Gasteiger partial charge in [0.05, 0.1) is 6.54 Å². The van der Waals surface area contributed by atoms with Crippen molar-refractivity contribution in [1.82, 2.24) is 4.90 Å². The van der Waals surface area contributed by atoms with Gasteiger partial charge in [-0.25, -0.2) is 4.39 Å². The van der Waals surface area contributed by atoms with E-state index in [2.05, 4.69) is 23.0 Å². The van der Waals surface area contributed by atoms with Crippen molar-refractivity contribution in [3.8, 4) is 23.5 Å². The molecule has 0 spiro atoms. The first kappa shape index (κ1) is 13.3. The fourth-order valence-corrected chi connectivity index (χ4v) is 1.97. The molecule has 0 N–H and O–H groups in total. The number of halogens is 1. The first-order valence-corrected chi connectivity index (χ1v) is 6.16. The number of terminal acetylenes is 1. The fraction of sp³-hybridized carbons (Fsp3) is 0.176. The number of benzene rings is 2. The normalized spacial score (nSPS) is 10.4. The molecule has 0 heterocycles. The van der Waals surface area contributed by atoms with E-state index in [0.29, 0.717) is 6.54 Å². The predicted molar refractivity (Wildman–Crippen MR) is 77.0 cm³/mol. The van der Waals surface area contributed by atoms with Crippen molar-refractivity contribution < 1.29 is 4.39 Å². The van der Waals surface area contributed by atoms with E-state index in [4.69, 9.17) is 6.42 Å². The maximum absolute atomic E-state index is 12.9. The van der Waals surface area contributed by atoms with Gasteiger partial charge in [-0.05, 0) is 35.9 Å². The molecule has 0 aromatic heterocycles. The Balaban J connectivity index is 2.10. The van der Waals surface area contributed by atoms with Crippen molar-refractivity contribution in [3.05, 3.63) is 59.9 Å². The summed E-state index contributed by atoms with van der Waals surface area (Å²) in [5.74, 6) is 2.41. The average Bonchev–Trinajstić information content (AvgIpc) is 2.41. The van der Waals surface area contributed by atoms with E-state index in [9.17, 15) is 4.39 Å². The van der Waals surface area contributed by atoms with Crippen LogP contribution in [-0.4, -0.2) is 18.5 Å². The van der Waals surface area contributed by atoms with Crippen LogP contribution in [-0.2, 0) is 6.54 Å². The lowest BCUT2D eigenvalue weighted by Gasteiger charge is -2.13. The van der Waals surface area contributed by atoms with Crippen LogP contribution in [0.4, 0.5) is 4.39 Å². The third-order valence-corrected chi connectivity index (χ3v) is 2.95. The number of hydrogen-bond donors (Lipinski definition) is 0. The molecule has 0 aliphatic rings. The van der Waals surface area contributed by atoms with Crippen LogP contribution < -0.4 is 0 Å². The van der Waals surface area contributed by atoms with Gasteiger partial charge < -0.3 is 0 Å². The van der Waals surface area contributed by atoms with Crippen molar-refractivity contribution in [3.63, 3.8) is 0 Å². The van der Waals surface area contributed by atoms with E-state index < -0.39 is 0 Å². The maximum Gasteiger partial charge on any atom is 0.123 e. The molecule has 2 rings (SSSR count). The Morgan fingerprint density at radius 2 is 1.53 bits per heavy atom. The van der Waals surface area contributed by atoms with Crippen LogP contribution in [0.1, 0.15) is 5.56 Å². The highest BCUT2D eigenvalue weighted by atomic mass is 19.1. The zero-order chi connectivity index (χ0) is 13.7. The summed E-state index contributed by atoms with van der Waals surface area (Å²) in [7, 11) is 1.99. The lowest BCUT2D eigenvalue weighted by Crippen LogP contribution is -2.17. The summed E-state index contributed by atoms with van der Waals surface area (Å²) in [6.45, 7) is 1.47. The molecule has 0 aliphatic heterocycles. The van der Waals surface area contributed by atoms with Gasteiger partial charge in [0.2, 0.25) is 0 Å². The first-order chi connectivity index (χ1) is 9.19. The Bertz CT molecular complexity index is 564. The van der Waals surface area contributed by atoms with Gasteiger partial charge in [0.25, 0.3) is 0 Å². The van der Waals surface area contributed by atoms with Crippen molar-refractivity contribution in [2.45, 2.75) is 6.54 Å². The predicted octanol–water partition coefficient (Wildman–Crippen LogP) is 3.56. The molecule has 96 valence electrons. The smallest absolute Gasteiger partial charge is 0.123 e. The molecule has 0 atom stereocenters. The summed E-state index contributed by atoms with van der Waals surface area (Å²) in [6.07, 6.45) is 5.27. The second kappa shape index (κ2) is 6.17. The van der Waals surface area contributed by atoms with Crippen LogP contribution in [0.15, 0.2) is 48.5 Å². The van der Waals surface area contributed by atoms with E-state index in [1.165, 1.54) is 17.7 Å². The molecule has 0 amide bonds. The second-order valence-corrected chi connectivity index (χ2v) is 4.58. The van der Waals surface area contributed by atoms with E-state index in [1.54, 1.807) is 12.1 Å². The van der Waals surface area contributed by atoms with Crippen molar-refractivity contribution in [1.29, 1.82) is 0 Å². The Kier molecular flexibility index (Phi) is 4.33. The van der Waals surface area contributed by atoms with Crippen molar-refractivity contribution >= 4 is 0 Å². The average molecular weight is 253 g/mol. The highest BCUT2D eigenvalue weighted by Crippen LogP contribution is 2.20. The minimum absolute atomic E-state index is 0.212.